The smallest absolute Gasteiger partial charge is 0.263 e. The van der Waals surface area contributed by atoms with E-state index in [-0.39, 0.29) is 17.1 Å². The number of carbonyl (C=O) groups excluding carboxylic acids is 2. The summed E-state index contributed by atoms with van der Waals surface area (Å²) in [6, 6.07) is 11.8. The third-order valence-electron chi connectivity index (χ3n) is 9.20. The average Bonchev–Trinajstić information content (AvgIpc) is 3.62. The van der Waals surface area contributed by atoms with Crippen LogP contribution >= 0.6 is 0 Å². The number of nitrogens with zero attached hydrogens (tertiary/aromatic N) is 2. The van der Waals surface area contributed by atoms with Crippen molar-refractivity contribution < 1.29 is 18.5 Å². The van der Waals surface area contributed by atoms with Crippen molar-refractivity contribution in [1.82, 2.24) is 19.5 Å². The van der Waals surface area contributed by atoms with Crippen LogP contribution in [0.15, 0.2) is 66.1 Å². The van der Waals surface area contributed by atoms with Crippen LogP contribution in [0.1, 0.15) is 79.8 Å². The number of rotatable bonds is 8. The van der Waals surface area contributed by atoms with Gasteiger partial charge in [-0.05, 0) is 79.6 Å². The van der Waals surface area contributed by atoms with E-state index in [0.29, 0.717) is 35.7 Å². The maximum absolute atomic E-state index is 14.0. The van der Waals surface area contributed by atoms with Crippen LogP contribution in [0.25, 0.3) is 28.2 Å². The van der Waals surface area contributed by atoms with Crippen molar-refractivity contribution in [2.75, 3.05) is 14.2 Å². The first-order valence-corrected chi connectivity index (χ1v) is 16.7. The van der Waals surface area contributed by atoms with Gasteiger partial charge in [0.05, 0.1) is 36.0 Å². The number of methoxy groups -OCH3 is 1. The van der Waals surface area contributed by atoms with Gasteiger partial charge in [-0.15, -0.1) is 0 Å². The highest BCUT2D eigenvalue weighted by Crippen LogP contribution is 2.48. The zero-order chi connectivity index (χ0) is 31.1. The molecule has 2 atom stereocenters. The zero-order valence-corrected chi connectivity index (χ0v) is 26.7. The van der Waals surface area contributed by atoms with Crippen molar-refractivity contribution in [3.05, 3.63) is 82.8 Å². The van der Waals surface area contributed by atoms with Gasteiger partial charge in [-0.3, -0.25) is 19.2 Å². The Kier molecular flexibility index (Phi) is 8.24. The van der Waals surface area contributed by atoms with Crippen LogP contribution in [-0.4, -0.2) is 44.9 Å². The van der Waals surface area contributed by atoms with E-state index in [1.54, 1.807) is 25.3 Å². The summed E-state index contributed by atoms with van der Waals surface area (Å²) in [6.07, 6.45) is 10.2. The maximum atomic E-state index is 14.0. The van der Waals surface area contributed by atoms with E-state index in [2.05, 4.69) is 27.3 Å². The molecule has 2 amide bonds. The SMILES string of the molecule is C=C1/C(=C\NC)N1C(=O)C1=Cc2cc(OC)ccc2-c2c(C3CCCCC3)c3ccc(C(=O)NS(=O)C(C)CC)cc3n2C1. The Morgan fingerprint density at radius 1 is 1.16 bits per heavy atom. The van der Waals surface area contributed by atoms with Crippen LogP contribution in [0, 0.1) is 0 Å². The highest BCUT2D eigenvalue weighted by molar-refractivity contribution is 7.84. The van der Waals surface area contributed by atoms with Gasteiger partial charge in [-0.25, -0.2) is 4.21 Å². The largest absolute Gasteiger partial charge is 0.497 e. The van der Waals surface area contributed by atoms with Crippen molar-refractivity contribution >= 4 is 39.8 Å². The molecule has 230 valence electrons. The molecule has 1 aliphatic carbocycles. The molecule has 2 fully saturated rings. The Morgan fingerprint density at radius 3 is 2.64 bits per heavy atom. The van der Waals surface area contributed by atoms with Crippen molar-refractivity contribution in [2.24, 2.45) is 0 Å². The van der Waals surface area contributed by atoms with Crippen LogP contribution in [0.3, 0.4) is 0 Å². The first kappa shape index (κ1) is 29.9. The van der Waals surface area contributed by atoms with E-state index in [9.17, 15) is 13.8 Å². The lowest BCUT2D eigenvalue weighted by atomic mass is 9.81. The summed E-state index contributed by atoms with van der Waals surface area (Å²) in [6.45, 7) is 8.21. The highest BCUT2D eigenvalue weighted by atomic mass is 32.2. The molecule has 0 radical (unpaired) electrons. The molecule has 0 bridgehead atoms. The van der Waals surface area contributed by atoms with E-state index in [0.717, 1.165) is 52.0 Å². The summed E-state index contributed by atoms with van der Waals surface area (Å²) in [4.78, 5) is 28.9. The number of fused-ring (bicyclic) bond motifs is 5. The minimum atomic E-state index is -1.48. The molecular weight excluding hydrogens is 572 g/mol. The number of aromatic nitrogens is 1. The average molecular weight is 613 g/mol. The normalized spacial score (nSPS) is 18.6. The molecule has 2 aromatic carbocycles. The number of hydrogen-bond acceptors (Lipinski definition) is 5. The summed E-state index contributed by atoms with van der Waals surface area (Å²) < 4.78 is 23.2. The summed E-state index contributed by atoms with van der Waals surface area (Å²) in [7, 11) is 1.96. The van der Waals surface area contributed by atoms with Crippen molar-refractivity contribution in [2.45, 2.75) is 70.1 Å². The van der Waals surface area contributed by atoms with Crippen molar-refractivity contribution in [1.29, 1.82) is 0 Å². The first-order chi connectivity index (χ1) is 21.3. The maximum Gasteiger partial charge on any atom is 0.263 e. The number of ether oxygens (including phenoxy) is 1. The Balaban J connectivity index is 1.55. The summed E-state index contributed by atoms with van der Waals surface area (Å²) in [5.74, 6) is 0.588. The third-order valence-corrected chi connectivity index (χ3v) is 10.7. The second-order valence-electron chi connectivity index (χ2n) is 11.9. The highest BCUT2D eigenvalue weighted by Gasteiger charge is 2.40. The first-order valence-electron chi connectivity index (χ1n) is 15.4. The summed E-state index contributed by atoms with van der Waals surface area (Å²) in [5, 5.41) is 3.94. The van der Waals surface area contributed by atoms with E-state index < -0.39 is 11.0 Å². The molecule has 8 nitrogen and oxygen atoms in total. The Bertz CT molecular complexity index is 1760. The molecule has 3 heterocycles. The monoisotopic (exact) mass is 612 g/mol. The predicted molar refractivity (Wildman–Crippen MR) is 176 cm³/mol. The minimum absolute atomic E-state index is 0.128. The molecule has 2 aliphatic heterocycles. The second kappa shape index (κ2) is 12.1. The van der Waals surface area contributed by atoms with Crippen molar-refractivity contribution in [3.63, 3.8) is 0 Å². The second-order valence-corrected chi connectivity index (χ2v) is 13.5. The molecule has 3 aromatic rings. The Labute approximate surface area is 261 Å². The minimum Gasteiger partial charge on any atom is -0.497 e. The van der Waals surface area contributed by atoms with Gasteiger partial charge in [0.15, 0.2) is 0 Å². The number of carbonyl (C=O) groups is 2. The van der Waals surface area contributed by atoms with Gasteiger partial charge in [0.25, 0.3) is 11.8 Å². The molecule has 6 rings (SSSR count). The summed E-state index contributed by atoms with van der Waals surface area (Å²) in [5.41, 5.74) is 7.69. The van der Waals surface area contributed by atoms with Crippen LogP contribution in [0.2, 0.25) is 0 Å². The van der Waals surface area contributed by atoms with Gasteiger partial charge in [-0.2, -0.15) is 0 Å². The van der Waals surface area contributed by atoms with Crippen LogP contribution in [0.5, 0.6) is 5.75 Å². The van der Waals surface area contributed by atoms with Gasteiger partial charge in [0, 0.05) is 40.9 Å². The van der Waals surface area contributed by atoms with E-state index in [1.165, 1.54) is 24.8 Å². The molecule has 9 heteroatoms. The molecular formula is C35H40N4O4S. The quantitative estimate of drug-likeness (QED) is 0.289. The third kappa shape index (κ3) is 5.27. The van der Waals surface area contributed by atoms with Crippen LogP contribution in [-0.2, 0) is 22.3 Å². The Morgan fingerprint density at radius 2 is 1.93 bits per heavy atom. The fourth-order valence-electron chi connectivity index (χ4n) is 6.59. The number of benzene rings is 2. The lowest BCUT2D eigenvalue weighted by Crippen LogP contribution is -2.31. The number of amides is 2. The fraction of sp³-hybridized carbons (Fsp3) is 0.371. The fourth-order valence-corrected chi connectivity index (χ4v) is 7.39. The van der Waals surface area contributed by atoms with Crippen LogP contribution < -0.4 is 14.8 Å². The standard InChI is InChI=1S/C35H40N4O4S/c1-6-21(2)44(42)37-34(40)24-12-14-29-30(18-24)38-20-26(35(41)39-22(3)31(39)19-36-4)16-25-17-27(43-5)13-15-28(25)33(38)32(29)23-10-8-7-9-11-23/h12-19,21,23,36H,3,6-11,20H2,1-2,4-5H3,(H,37,40)/b31-19+. The summed E-state index contributed by atoms with van der Waals surface area (Å²) >= 11 is 0. The molecule has 1 saturated heterocycles. The topological polar surface area (TPSA) is 92.4 Å². The predicted octanol–water partition coefficient (Wildman–Crippen LogP) is 6.37. The zero-order valence-electron chi connectivity index (χ0n) is 25.9. The van der Waals surface area contributed by atoms with Gasteiger partial charge < -0.3 is 14.6 Å². The van der Waals surface area contributed by atoms with E-state index >= 15 is 0 Å². The van der Waals surface area contributed by atoms with E-state index in [1.807, 2.05) is 50.3 Å². The van der Waals surface area contributed by atoms with E-state index in [4.69, 9.17) is 4.74 Å². The molecule has 2 N–H and O–H groups in total. The number of nitrogens with one attached hydrogen (secondary N) is 2. The Hall–Kier alpha value is -4.11. The van der Waals surface area contributed by atoms with Crippen molar-refractivity contribution in [3.8, 4) is 17.0 Å². The van der Waals surface area contributed by atoms with Gasteiger partial charge in [0.2, 0.25) is 0 Å². The lowest BCUT2D eigenvalue weighted by molar-refractivity contribution is -0.121. The van der Waals surface area contributed by atoms with Gasteiger partial charge >= 0.3 is 0 Å². The van der Waals surface area contributed by atoms with Crippen LogP contribution in [0.4, 0.5) is 0 Å². The molecule has 0 spiro atoms. The molecule has 3 aliphatic rings. The lowest BCUT2D eigenvalue weighted by Gasteiger charge is -2.24. The molecule has 1 aromatic heterocycles. The molecule has 1 saturated carbocycles. The number of hydrogen-bond donors (Lipinski definition) is 2. The van der Waals surface area contributed by atoms with Gasteiger partial charge in [0.1, 0.15) is 16.7 Å². The molecule has 44 heavy (non-hydrogen) atoms. The molecule has 2 unspecified atom stereocenters. The van der Waals surface area contributed by atoms with Gasteiger partial charge in [-0.1, -0.05) is 38.8 Å².